The third-order valence-corrected chi connectivity index (χ3v) is 3.06. The van der Waals surface area contributed by atoms with Crippen LogP contribution in [0, 0.1) is 0 Å². The van der Waals surface area contributed by atoms with Crippen molar-refractivity contribution in [3.63, 3.8) is 0 Å². The van der Waals surface area contributed by atoms with Crippen LogP contribution >= 0.6 is 0 Å². The highest BCUT2D eigenvalue weighted by atomic mass is 16.5. The number of aliphatic hydroxyl groups excluding tert-OH is 1. The second-order valence-corrected chi connectivity index (χ2v) is 5.65. The number of rotatable bonds is 5. The van der Waals surface area contributed by atoms with Crippen LogP contribution in [-0.2, 0) is 19.1 Å². The minimum absolute atomic E-state index is 0.0804. The number of esters is 1. The number of carbonyl (C=O) groups excluding carboxylic acids is 2. The highest BCUT2D eigenvalue weighted by Gasteiger charge is 2.35. The van der Waals surface area contributed by atoms with Crippen molar-refractivity contribution in [1.29, 1.82) is 0 Å². The standard InChI is InChI=1S/C13H24N2O5/c1-9(17)14-11(12(18)19-4)6-15-5-10(7-16)20-13(2,3)8-15/h10-11,16H,5-8H2,1-4H3,(H,14,17). The molecular formula is C13H24N2O5. The van der Waals surface area contributed by atoms with E-state index < -0.39 is 17.6 Å². The Morgan fingerprint density at radius 3 is 2.70 bits per heavy atom. The van der Waals surface area contributed by atoms with Crippen LogP contribution < -0.4 is 5.32 Å². The lowest BCUT2D eigenvalue weighted by Crippen LogP contribution is -2.58. The number of morpholine rings is 1. The minimum atomic E-state index is -0.717. The maximum Gasteiger partial charge on any atom is 0.329 e. The van der Waals surface area contributed by atoms with Gasteiger partial charge >= 0.3 is 5.97 Å². The molecule has 0 aliphatic carbocycles. The fourth-order valence-electron chi connectivity index (χ4n) is 2.48. The van der Waals surface area contributed by atoms with E-state index in [9.17, 15) is 14.7 Å². The average molecular weight is 288 g/mol. The Bertz CT molecular complexity index is 359. The lowest BCUT2D eigenvalue weighted by molar-refractivity contribution is -0.157. The Labute approximate surface area is 119 Å². The molecule has 7 heteroatoms. The Kier molecular flexibility index (Phi) is 5.91. The molecule has 116 valence electrons. The fourth-order valence-corrected chi connectivity index (χ4v) is 2.48. The number of carbonyl (C=O) groups is 2. The molecule has 1 amide bonds. The number of hydrogen-bond donors (Lipinski definition) is 2. The third kappa shape index (κ3) is 5.07. The van der Waals surface area contributed by atoms with Crippen molar-refractivity contribution in [2.24, 2.45) is 0 Å². The van der Waals surface area contributed by atoms with Gasteiger partial charge in [-0.15, -0.1) is 0 Å². The Morgan fingerprint density at radius 1 is 1.55 bits per heavy atom. The predicted molar refractivity (Wildman–Crippen MR) is 72.1 cm³/mol. The summed E-state index contributed by atoms with van der Waals surface area (Å²) in [5, 5.41) is 11.8. The molecule has 0 radical (unpaired) electrons. The molecule has 7 nitrogen and oxygen atoms in total. The quantitative estimate of drug-likeness (QED) is 0.640. The molecule has 1 saturated heterocycles. The van der Waals surface area contributed by atoms with E-state index in [2.05, 4.69) is 5.32 Å². The number of ether oxygens (including phenoxy) is 2. The van der Waals surface area contributed by atoms with Gasteiger partial charge in [-0.25, -0.2) is 4.79 Å². The molecule has 0 bridgehead atoms. The highest BCUT2D eigenvalue weighted by molar-refractivity contribution is 5.83. The van der Waals surface area contributed by atoms with Crippen LogP contribution in [0.25, 0.3) is 0 Å². The molecule has 0 aromatic rings. The lowest BCUT2D eigenvalue weighted by Gasteiger charge is -2.43. The summed E-state index contributed by atoms with van der Waals surface area (Å²) in [6.07, 6.45) is -0.297. The normalized spacial score (nSPS) is 23.9. The Balaban J connectivity index is 2.71. The van der Waals surface area contributed by atoms with Crippen molar-refractivity contribution in [2.75, 3.05) is 33.4 Å². The molecule has 2 unspecified atom stereocenters. The van der Waals surface area contributed by atoms with Crippen molar-refractivity contribution in [1.82, 2.24) is 10.2 Å². The summed E-state index contributed by atoms with van der Waals surface area (Å²) in [5.74, 6) is -0.767. The molecular weight excluding hydrogens is 264 g/mol. The molecule has 0 spiro atoms. The molecule has 0 saturated carbocycles. The van der Waals surface area contributed by atoms with E-state index in [1.807, 2.05) is 18.7 Å². The number of aliphatic hydroxyl groups is 1. The number of hydrogen-bond acceptors (Lipinski definition) is 6. The molecule has 1 rings (SSSR count). The van der Waals surface area contributed by atoms with E-state index in [1.165, 1.54) is 14.0 Å². The smallest absolute Gasteiger partial charge is 0.329 e. The first-order valence-electron chi connectivity index (χ1n) is 6.63. The number of nitrogens with zero attached hydrogens (tertiary/aromatic N) is 1. The minimum Gasteiger partial charge on any atom is -0.467 e. The van der Waals surface area contributed by atoms with E-state index in [0.29, 0.717) is 19.6 Å². The zero-order valence-corrected chi connectivity index (χ0v) is 12.5. The zero-order chi connectivity index (χ0) is 15.3. The van der Waals surface area contributed by atoms with Crippen LogP contribution in [0.15, 0.2) is 0 Å². The molecule has 20 heavy (non-hydrogen) atoms. The lowest BCUT2D eigenvalue weighted by atomic mass is 10.0. The first-order valence-corrected chi connectivity index (χ1v) is 6.63. The summed E-state index contributed by atoms with van der Waals surface area (Å²) in [7, 11) is 1.29. The molecule has 1 aliphatic rings. The van der Waals surface area contributed by atoms with Gasteiger partial charge in [-0.1, -0.05) is 0 Å². The summed E-state index contributed by atoms with van der Waals surface area (Å²) in [6.45, 7) is 6.57. The molecule has 0 aromatic heterocycles. The van der Waals surface area contributed by atoms with Gasteiger partial charge in [0.05, 0.1) is 25.4 Å². The third-order valence-electron chi connectivity index (χ3n) is 3.06. The van der Waals surface area contributed by atoms with E-state index in [-0.39, 0.29) is 18.6 Å². The topological polar surface area (TPSA) is 88.1 Å². The second-order valence-electron chi connectivity index (χ2n) is 5.65. The van der Waals surface area contributed by atoms with Crippen molar-refractivity contribution >= 4 is 11.9 Å². The summed E-state index contributed by atoms with van der Waals surface area (Å²) in [5.41, 5.74) is -0.414. The predicted octanol–water partition coefficient (Wildman–Crippen LogP) is -0.864. The maximum absolute atomic E-state index is 11.7. The summed E-state index contributed by atoms with van der Waals surface area (Å²) < 4.78 is 10.4. The van der Waals surface area contributed by atoms with Crippen LogP contribution in [0.3, 0.4) is 0 Å². The van der Waals surface area contributed by atoms with Crippen molar-refractivity contribution in [3.8, 4) is 0 Å². The van der Waals surface area contributed by atoms with Gasteiger partial charge in [0.15, 0.2) is 0 Å². The van der Waals surface area contributed by atoms with Gasteiger partial charge in [0.1, 0.15) is 6.04 Å². The monoisotopic (exact) mass is 288 g/mol. The largest absolute Gasteiger partial charge is 0.467 e. The van der Waals surface area contributed by atoms with Gasteiger partial charge in [-0.3, -0.25) is 9.69 Å². The van der Waals surface area contributed by atoms with E-state index in [0.717, 1.165) is 0 Å². The van der Waals surface area contributed by atoms with Gasteiger partial charge in [0.25, 0.3) is 0 Å². The van der Waals surface area contributed by atoms with Crippen LogP contribution in [0.4, 0.5) is 0 Å². The van der Waals surface area contributed by atoms with Gasteiger partial charge in [0.2, 0.25) is 5.91 Å². The number of methoxy groups -OCH3 is 1. The summed E-state index contributed by atoms with van der Waals surface area (Å²) in [4.78, 5) is 24.8. The van der Waals surface area contributed by atoms with Gasteiger partial charge in [-0.05, 0) is 13.8 Å². The first-order chi connectivity index (χ1) is 9.27. The fraction of sp³-hybridized carbons (Fsp3) is 0.846. The van der Waals surface area contributed by atoms with Crippen molar-refractivity contribution in [3.05, 3.63) is 0 Å². The van der Waals surface area contributed by atoms with Gasteiger partial charge < -0.3 is 19.9 Å². The zero-order valence-electron chi connectivity index (χ0n) is 12.5. The van der Waals surface area contributed by atoms with Crippen LogP contribution in [0.5, 0.6) is 0 Å². The summed E-state index contributed by atoms with van der Waals surface area (Å²) >= 11 is 0. The van der Waals surface area contributed by atoms with E-state index in [1.54, 1.807) is 0 Å². The van der Waals surface area contributed by atoms with Crippen molar-refractivity contribution < 1.29 is 24.2 Å². The molecule has 1 heterocycles. The Hall–Kier alpha value is -1.18. The molecule has 0 aromatic carbocycles. The molecule has 2 atom stereocenters. The second kappa shape index (κ2) is 7.01. The first kappa shape index (κ1) is 16.9. The average Bonchev–Trinajstić information content (AvgIpc) is 2.34. The Morgan fingerprint density at radius 2 is 2.20 bits per heavy atom. The highest BCUT2D eigenvalue weighted by Crippen LogP contribution is 2.21. The molecule has 2 N–H and O–H groups in total. The van der Waals surface area contributed by atoms with Crippen LogP contribution in [0.1, 0.15) is 20.8 Å². The summed E-state index contributed by atoms with van der Waals surface area (Å²) in [6, 6.07) is -0.717. The van der Waals surface area contributed by atoms with E-state index >= 15 is 0 Å². The van der Waals surface area contributed by atoms with Crippen LogP contribution in [-0.4, -0.2) is 73.0 Å². The maximum atomic E-state index is 11.7. The van der Waals surface area contributed by atoms with Crippen LogP contribution in [0.2, 0.25) is 0 Å². The molecule has 1 aliphatic heterocycles. The van der Waals surface area contributed by atoms with Crippen molar-refractivity contribution in [2.45, 2.75) is 38.5 Å². The van der Waals surface area contributed by atoms with Gasteiger partial charge in [-0.2, -0.15) is 0 Å². The van der Waals surface area contributed by atoms with Gasteiger partial charge in [0, 0.05) is 26.6 Å². The molecule has 1 fully saturated rings. The number of nitrogens with one attached hydrogen (secondary N) is 1. The SMILES string of the molecule is COC(=O)C(CN1CC(CO)OC(C)(C)C1)NC(C)=O. The number of amides is 1. The van der Waals surface area contributed by atoms with E-state index in [4.69, 9.17) is 9.47 Å².